The molecule has 0 aromatic heterocycles. The van der Waals surface area contributed by atoms with E-state index in [-0.39, 0.29) is 24.9 Å². The Morgan fingerprint density at radius 2 is 0.839 bits per heavy atom. The lowest BCUT2D eigenvalue weighted by Crippen LogP contribution is -2.46. The normalized spacial score (nSPS) is 13.7. The van der Waals surface area contributed by atoms with Crippen LogP contribution >= 0.6 is 0 Å². The molecule has 360 valence electrons. The van der Waals surface area contributed by atoms with Crippen LogP contribution < -0.4 is 5.32 Å². The van der Waals surface area contributed by atoms with Gasteiger partial charge >= 0.3 is 5.97 Å². The highest BCUT2D eigenvalue weighted by atomic mass is 16.5. The first kappa shape index (κ1) is 59.6. The molecule has 0 saturated heterocycles. The molecule has 0 spiro atoms. The Morgan fingerprint density at radius 1 is 0.484 bits per heavy atom. The largest absolute Gasteiger partial charge is 0.461 e. The lowest BCUT2D eigenvalue weighted by Gasteiger charge is -2.24. The molecule has 0 aliphatic rings. The summed E-state index contributed by atoms with van der Waals surface area (Å²) in [6.07, 6.45) is 61.7. The van der Waals surface area contributed by atoms with Crippen molar-refractivity contribution in [1.82, 2.24) is 5.32 Å². The molecule has 0 rings (SSSR count). The van der Waals surface area contributed by atoms with Gasteiger partial charge in [0, 0.05) is 12.8 Å². The molecule has 6 nitrogen and oxygen atoms in total. The molecule has 3 atom stereocenters. The molecule has 3 N–H and O–H groups in total. The molecular weight excluding hydrogens is 767 g/mol. The summed E-state index contributed by atoms with van der Waals surface area (Å²) in [5.41, 5.74) is 0. The molecule has 0 fully saturated rings. The maximum Gasteiger partial charge on any atom is 0.306 e. The number of aliphatic hydroxyl groups is 2. The fourth-order valence-electron chi connectivity index (χ4n) is 7.98. The minimum absolute atomic E-state index is 0.0169. The van der Waals surface area contributed by atoms with Gasteiger partial charge in [0.15, 0.2) is 0 Å². The Balaban J connectivity index is 4.57. The molecule has 0 radical (unpaired) electrons. The van der Waals surface area contributed by atoms with Crippen LogP contribution in [0, 0.1) is 0 Å². The van der Waals surface area contributed by atoms with E-state index >= 15 is 0 Å². The van der Waals surface area contributed by atoms with Crippen LogP contribution in [0.15, 0.2) is 60.8 Å². The Bertz CT molecular complexity index is 1110. The zero-order chi connectivity index (χ0) is 45.2. The van der Waals surface area contributed by atoms with E-state index in [9.17, 15) is 19.8 Å². The average Bonchev–Trinajstić information content (AvgIpc) is 3.26. The Kier molecular flexibility index (Phi) is 47.6. The second-order valence-electron chi connectivity index (χ2n) is 18.0. The van der Waals surface area contributed by atoms with Crippen LogP contribution in [0.2, 0.25) is 0 Å². The van der Waals surface area contributed by atoms with Gasteiger partial charge in [0.2, 0.25) is 5.91 Å². The van der Waals surface area contributed by atoms with Gasteiger partial charge in [-0.1, -0.05) is 281 Å². The van der Waals surface area contributed by atoms with Crippen molar-refractivity contribution in [3.8, 4) is 0 Å². The van der Waals surface area contributed by atoms with Gasteiger partial charge in [0.25, 0.3) is 0 Å². The number of rotatable bonds is 47. The highest BCUT2D eigenvalue weighted by molar-refractivity contribution is 5.77. The molecule has 62 heavy (non-hydrogen) atoms. The van der Waals surface area contributed by atoms with Crippen LogP contribution in [0.3, 0.4) is 0 Å². The zero-order valence-corrected chi connectivity index (χ0v) is 41.0. The molecular formula is C56H101NO5. The number of amides is 1. The summed E-state index contributed by atoms with van der Waals surface area (Å²) in [5, 5.41) is 23.7. The predicted octanol–water partition coefficient (Wildman–Crippen LogP) is 16.0. The van der Waals surface area contributed by atoms with Gasteiger partial charge in [0.05, 0.1) is 25.2 Å². The first-order chi connectivity index (χ1) is 30.5. The van der Waals surface area contributed by atoms with Gasteiger partial charge < -0.3 is 20.3 Å². The molecule has 0 aromatic carbocycles. The van der Waals surface area contributed by atoms with Crippen molar-refractivity contribution in [3.05, 3.63) is 60.8 Å². The molecule has 3 unspecified atom stereocenters. The van der Waals surface area contributed by atoms with Gasteiger partial charge in [-0.25, -0.2) is 0 Å². The molecule has 0 bridgehead atoms. The number of nitrogens with one attached hydrogen (secondary N) is 1. The summed E-state index contributed by atoms with van der Waals surface area (Å²) in [4.78, 5) is 26.1. The Hall–Kier alpha value is -2.44. The Labute approximate surface area is 384 Å². The third-order valence-corrected chi connectivity index (χ3v) is 12.0. The molecule has 0 aliphatic heterocycles. The highest BCUT2D eigenvalue weighted by Gasteiger charge is 2.23. The second kappa shape index (κ2) is 49.6. The van der Waals surface area contributed by atoms with Gasteiger partial charge in [-0.05, 0) is 19.3 Å². The van der Waals surface area contributed by atoms with E-state index in [2.05, 4.69) is 32.2 Å². The summed E-state index contributed by atoms with van der Waals surface area (Å²) in [6, 6.07) is -0.739. The number of hydrogen-bond acceptors (Lipinski definition) is 5. The summed E-state index contributed by atoms with van der Waals surface area (Å²) >= 11 is 0. The molecule has 0 heterocycles. The number of unbranched alkanes of at least 4 members (excludes halogenated alkanes) is 30. The number of aliphatic hydroxyl groups excluding tert-OH is 2. The first-order valence-electron chi connectivity index (χ1n) is 26.6. The van der Waals surface area contributed by atoms with Crippen LogP contribution in [0.5, 0.6) is 0 Å². The summed E-state index contributed by atoms with van der Waals surface area (Å²) < 4.78 is 5.85. The zero-order valence-electron chi connectivity index (χ0n) is 41.0. The smallest absolute Gasteiger partial charge is 0.306 e. The third-order valence-electron chi connectivity index (χ3n) is 12.0. The summed E-state index contributed by atoms with van der Waals surface area (Å²) in [6.45, 7) is 6.32. The minimum atomic E-state index is -0.817. The fraction of sp³-hybridized carbons (Fsp3) is 0.786. The van der Waals surface area contributed by atoms with Crippen molar-refractivity contribution in [2.24, 2.45) is 0 Å². The van der Waals surface area contributed by atoms with Gasteiger partial charge in [-0.3, -0.25) is 9.59 Å². The van der Waals surface area contributed by atoms with E-state index < -0.39 is 18.2 Å². The van der Waals surface area contributed by atoms with E-state index in [4.69, 9.17) is 4.74 Å². The van der Waals surface area contributed by atoms with Crippen LogP contribution in [-0.2, 0) is 14.3 Å². The van der Waals surface area contributed by atoms with Crippen LogP contribution in [0.4, 0.5) is 0 Å². The van der Waals surface area contributed by atoms with Crippen LogP contribution in [-0.4, -0.2) is 46.9 Å². The SMILES string of the molecule is CC/C=C/C=C/C=C\C=C/C=C/CC(CC(=O)NC(CO)C(O)CCCCCCCCCCCCCCCCC)OC(=O)CCCCCCCCCCCCCCCCCCC. The standard InChI is InChI=1S/C56H101NO5/c1-4-7-10-13-16-19-22-24-26-27-29-31-34-37-40-43-46-49-56(61)62-52(47-44-41-38-35-32-21-18-15-12-9-6-3)50-55(60)57-53(51-58)54(59)48-45-42-39-36-33-30-28-25-23-20-17-14-11-8-5-2/h9,12,15,18,21,32,35,38,41,44,52-54,58-59H,4-8,10-11,13-14,16-17,19-20,22-31,33-34,36-37,39-40,42-43,45-51H2,1-3H3,(H,57,60)/b12-9+,18-15+,32-21-,38-35-,44-41+. The van der Waals surface area contributed by atoms with Gasteiger partial charge in [-0.15, -0.1) is 0 Å². The quantitative estimate of drug-likeness (QED) is 0.0322. The van der Waals surface area contributed by atoms with Crippen molar-refractivity contribution >= 4 is 11.9 Å². The van der Waals surface area contributed by atoms with Crippen molar-refractivity contribution in [3.63, 3.8) is 0 Å². The average molecular weight is 868 g/mol. The van der Waals surface area contributed by atoms with Gasteiger partial charge in [-0.2, -0.15) is 0 Å². The molecule has 0 aliphatic carbocycles. The number of hydrogen-bond donors (Lipinski definition) is 3. The number of esters is 1. The summed E-state index contributed by atoms with van der Waals surface area (Å²) in [5.74, 6) is -0.600. The topological polar surface area (TPSA) is 95.9 Å². The molecule has 1 amide bonds. The molecule has 0 saturated carbocycles. The Morgan fingerprint density at radius 3 is 1.23 bits per heavy atom. The number of carbonyl (C=O) groups is 2. The van der Waals surface area contributed by atoms with E-state index in [1.165, 1.54) is 167 Å². The van der Waals surface area contributed by atoms with Crippen LogP contribution in [0.1, 0.15) is 258 Å². The first-order valence-corrected chi connectivity index (χ1v) is 26.6. The molecule has 6 heteroatoms. The predicted molar refractivity (Wildman–Crippen MR) is 268 cm³/mol. The third kappa shape index (κ3) is 44.2. The number of allylic oxidation sites excluding steroid dienone is 9. The number of ether oxygens (including phenoxy) is 1. The monoisotopic (exact) mass is 868 g/mol. The van der Waals surface area contributed by atoms with Crippen LogP contribution in [0.25, 0.3) is 0 Å². The maximum absolute atomic E-state index is 13.2. The van der Waals surface area contributed by atoms with Crippen molar-refractivity contribution < 1.29 is 24.5 Å². The van der Waals surface area contributed by atoms with E-state index in [1.807, 2.05) is 54.7 Å². The number of carbonyl (C=O) groups excluding carboxylic acids is 2. The lowest BCUT2D eigenvalue weighted by molar-refractivity contribution is -0.150. The summed E-state index contributed by atoms with van der Waals surface area (Å²) in [7, 11) is 0. The highest BCUT2D eigenvalue weighted by Crippen LogP contribution is 2.17. The van der Waals surface area contributed by atoms with E-state index in [0.29, 0.717) is 19.3 Å². The molecule has 0 aromatic rings. The van der Waals surface area contributed by atoms with Crippen molar-refractivity contribution in [2.45, 2.75) is 277 Å². The second-order valence-corrected chi connectivity index (χ2v) is 18.0. The maximum atomic E-state index is 13.2. The van der Waals surface area contributed by atoms with Gasteiger partial charge in [0.1, 0.15) is 6.10 Å². The lowest BCUT2D eigenvalue weighted by atomic mass is 10.0. The van der Waals surface area contributed by atoms with E-state index in [1.54, 1.807) is 0 Å². The van der Waals surface area contributed by atoms with Crippen molar-refractivity contribution in [1.29, 1.82) is 0 Å². The van der Waals surface area contributed by atoms with Crippen molar-refractivity contribution in [2.75, 3.05) is 6.61 Å². The van der Waals surface area contributed by atoms with E-state index in [0.717, 1.165) is 44.9 Å². The fourth-order valence-corrected chi connectivity index (χ4v) is 7.98. The minimum Gasteiger partial charge on any atom is -0.461 e.